The smallest absolute Gasteiger partial charge is 0.333 e. The molecule has 0 radical (unpaired) electrons. The molecule has 1 aromatic carbocycles. The van der Waals surface area contributed by atoms with Crippen LogP contribution in [-0.4, -0.2) is 43.0 Å². The van der Waals surface area contributed by atoms with Crippen LogP contribution in [0.5, 0.6) is 0 Å². The predicted molar refractivity (Wildman–Crippen MR) is 76.8 cm³/mol. The fourth-order valence-corrected chi connectivity index (χ4v) is 2.17. The van der Waals surface area contributed by atoms with E-state index in [4.69, 9.17) is 15.3 Å². The maximum Gasteiger partial charge on any atom is 0.333 e. The normalized spacial score (nSPS) is 11.2. The van der Waals surface area contributed by atoms with Gasteiger partial charge in [-0.05, 0) is 23.3 Å². The SMILES string of the molecule is O=C(O)C(Cc1cnn(Cc2ccc(F)cc2)c1)(C(=O)O)C(=O)O. The van der Waals surface area contributed by atoms with Crippen LogP contribution in [0, 0.1) is 11.2 Å². The Morgan fingerprint density at radius 1 is 1.00 bits per heavy atom. The first-order valence-corrected chi connectivity index (χ1v) is 6.71. The Bertz CT molecular complexity index is 747. The first kappa shape index (κ1) is 17.1. The number of rotatable bonds is 7. The van der Waals surface area contributed by atoms with Crippen LogP contribution in [0.25, 0.3) is 0 Å². The summed E-state index contributed by atoms with van der Waals surface area (Å²) in [6.07, 6.45) is 1.80. The van der Waals surface area contributed by atoms with E-state index in [2.05, 4.69) is 5.10 Å². The van der Waals surface area contributed by atoms with E-state index in [1.165, 1.54) is 41.3 Å². The number of carboxylic acids is 3. The van der Waals surface area contributed by atoms with Crippen molar-refractivity contribution in [2.24, 2.45) is 5.41 Å². The molecule has 0 atom stereocenters. The number of benzene rings is 1. The summed E-state index contributed by atoms with van der Waals surface area (Å²) in [4.78, 5) is 33.6. The number of carbonyl (C=O) groups is 3. The lowest BCUT2D eigenvalue weighted by atomic mass is 9.82. The molecule has 9 heteroatoms. The molecule has 0 saturated heterocycles. The number of aliphatic carboxylic acids is 3. The minimum absolute atomic E-state index is 0.143. The molecule has 3 N–H and O–H groups in total. The fourth-order valence-electron chi connectivity index (χ4n) is 2.17. The van der Waals surface area contributed by atoms with E-state index in [9.17, 15) is 18.8 Å². The van der Waals surface area contributed by atoms with Gasteiger partial charge in [0.15, 0.2) is 0 Å². The van der Waals surface area contributed by atoms with Crippen molar-refractivity contribution in [3.8, 4) is 0 Å². The molecule has 0 bridgehead atoms. The molecular formula is C15H13FN2O6. The van der Waals surface area contributed by atoms with Crippen LogP contribution in [0.3, 0.4) is 0 Å². The minimum atomic E-state index is -2.98. The molecule has 126 valence electrons. The van der Waals surface area contributed by atoms with Crippen LogP contribution in [-0.2, 0) is 27.3 Å². The van der Waals surface area contributed by atoms with Gasteiger partial charge in [-0.25, -0.2) is 4.39 Å². The third-order valence-electron chi connectivity index (χ3n) is 3.51. The van der Waals surface area contributed by atoms with Gasteiger partial charge in [-0.3, -0.25) is 19.1 Å². The highest BCUT2D eigenvalue weighted by Gasteiger charge is 2.54. The zero-order valence-corrected chi connectivity index (χ0v) is 12.2. The molecule has 0 fully saturated rings. The lowest BCUT2D eigenvalue weighted by Crippen LogP contribution is -2.48. The third-order valence-corrected chi connectivity index (χ3v) is 3.51. The van der Waals surface area contributed by atoms with Gasteiger partial charge < -0.3 is 15.3 Å². The van der Waals surface area contributed by atoms with Gasteiger partial charge in [0.05, 0.1) is 12.7 Å². The second-order valence-electron chi connectivity index (χ2n) is 5.17. The molecule has 0 aliphatic heterocycles. The quantitative estimate of drug-likeness (QED) is 0.639. The summed E-state index contributed by atoms with van der Waals surface area (Å²) < 4.78 is 14.2. The van der Waals surface area contributed by atoms with Crippen molar-refractivity contribution in [3.63, 3.8) is 0 Å². The Hall–Kier alpha value is -3.23. The molecule has 0 spiro atoms. The zero-order valence-electron chi connectivity index (χ0n) is 12.2. The Morgan fingerprint density at radius 3 is 2.04 bits per heavy atom. The second kappa shape index (κ2) is 6.49. The van der Waals surface area contributed by atoms with Gasteiger partial charge in [0.25, 0.3) is 5.41 Å². The van der Waals surface area contributed by atoms with Crippen molar-refractivity contribution >= 4 is 17.9 Å². The Morgan fingerprint density at radius 2 is 1.54 bits per heavy atom. The number of hydrogen-bond donors (Lipinski definition) is 3. The standard InChI is InChI=1S/C15H13FN2O6/c16-11-3-1-9(2-4-11)7-18-8-10(6-17-18)5-15(12(19)20,13(21)22)14(23)24/h1-4,6,8H,5,7H2,(H,19,20)(H,21,22)(H,23,24). The highest BCUT2D eigenvalue weighted by molar-refractivity contribution is 6.16. The summed E-state index contributed by atoms with van der Waals surface area (Å²) in [7, 11) is 0. The Labute approximate surface area is 134 Å². The van der Waals surface area contributed by atoms with Crippen molar-refractivity contribution in [3.05, 3.63) is 53.6 Å². The first-order chi connectivity index (χ1) is 11.3. The molecule has 0 amide bonds. The van der Waals surface area contributed by atoms with Gasteiger partial charge in [0.2, 0.25) is 0 Å². The molecule has 24 heavy (non-hydrogen) atoms. The van der Waals surface area contributed by atoms with Crippen LogP contribution in [0.1, 0.15) is 11.1 Å². The van der Waals surface area contributed by atoms with Gasteiger partial charge >= 0.3 is 17.9 Å². The third kappa shape index (κ3) is 3.24. The molecule has 2 rings (SSSR count). The molecule has 0 unspecified atom stereocenters. The summed E-state index contributed by atoms with van der Waals surface area (Å²) in [5, 5.41) is 31.1. The number of halogens is 1. The predicted octanol–water partition coefficient (Wildman–Crippen LogP) is 0.853. The lowest BCUT2D eigenvalue weighted by molar-refractivity contribution is -0.175. The summed E-state index contributed by atoms with van der Waals surface area (Å²) in [6.45, 7) is 0.237. The first-order valence-electron chi connectivity index (χ1n) is 6.71. The van der Waals surface area contributed by atoms with Crippen LogP contribution in [0.2, 0.25) is 0 Å². The molecule has 1 aromatic heterocycles. The van der Waals surface area contributed by atoms with E-state index in [1.54, 1.807) is 0 Å². The van der Waals surface area contributed by atoms with E-state index < -0.39 is 35.6 Å². The molecule has 8 nitrogen and oxygen atoms in total. The van der Waals surface area contributed by atoms with Gasteiger partial charge in [-0.1, -0.05) is 12.1 Å². The lowest BCUT2D eigenvalue weighted by Gasteiger charge is -2.18. The number of carboxylic acid groups (broad SMARTS) is 3. The van der Waals surface area contributed by atoms with Crippen molar-refractivity contribution in [2.45, 2.75) is 13.0 Å². The van der Waals surface area contributed by atoms with E-state index >= 15 is 0 Å². The zero-order chi connectivity index (χ0) is 17.9. The molecule has 1 heterocycles. The summed E-state index contributed by atoms with van der Waals surface area (Å²) in [5.74, 6) is -6.29. The van der Waals surface area contributed by atoms with Gasteiger partial charge in [0.1, 0.15) is 5.82 Å². The highest BCUT2D eigenvalue weighted by Crippen LogP contribution is 2.25. The molecular weight excluding hydrogens is 323 g/mol. The van der Waals surface area contributed by atoms with Crippen molar-refractivity contribution in [1.82, 2.24) is 9.78 Å². The van der Waals surface area contributed by atoms with Crippen molar-refractivity contribution in [1.29, 1.82) is 0 Å². The second-order valence-corrected chi connectivity index (χ2v) is 5.17. The van der Waals surface area contributed by atoms with Gasteiger partial charge in [0, 0.05) is 12.6 Å². The van der Waals surface area contributed by atoms with E-state index in [0.717, 1.165) is 0 Å². The van der Waals surface area contributed by atoms with Crippen LogP contribution in [0.4, 0.5) is 4.39 Å². The molecule has 2 aromatic rings. The van der Waals surface area contributed by atoms with Crippen LogP contribution >= 0.6 is 0 Å². The number of hydrogen-bond acceptors (Lipinski definition) is 4. The molecule has 0 aliphatic carbocycles. The van der Waals surface area contributed by atoms with E-state index in [1.807, 2.05) is 0 Å². The number of nitrogens with zero attached hydrogens (tertiary/aromatic N) is 2. The highest BCUT2D eigenvalue weighted by atomic mass is 19.1. The average Bonchev–Trinajstić information content (AvgIpc) is 2.93. The largest absolute Gasteiger partial charge is 0.480 e. The molecule has 0 aliphatic rings. The van der Waals surface area contributed by atoms with Gasteiger partial charge in [-0.15, -0.1) is 0 Å². The Kier molecular flexibility index (Phi) is 4.63. The minimum Gasteiger partial charge on any atom is -0.480 e. The fraction of sp³-hybridized carbons (Fsp3) is 0.200. The van der Waals surface area contributed by atoms with E-state index in [0.29, 0.717) is 5.56 Å². The Balaban J connectivity index is 2.23. The average molecular weight is 336 g/mol. The summed E-state index contributed by atoms with van der Waals surface area (Å²) in [5.41, 5.74) is -2.12. The molecule has 0 saturated carbocycles. The topological polar surface area (TPSA) is 130 Å². The van der Waals surface area contributed by atoms with Crippen molar-refractivity contribution in [2.75, 3.05) is 0 Å². The van der Waals surface area contributed by atoms with E-state index in [-0.39, 0.29) is 12.1 Å². The maximum absolute atomic E-state index is 12.9. The monoisotopic (exact) mass is 336 g/mol. The number of aromatic nitrogens is 2. The van der Waals surface area contributed by atoms with Crippen molar-refractivity contribution < 1.29 is 34.1 Å². The van der Waals surface area contributed by atoms with Crippen LogP contribution < -0.4 is 0 Å². The van der Waals surface area contributed by atoms with Gasteiger partial charge in [-0.2, -0.15) is 5.10 Å². The summed E-state index contributed by atoms with van der Waals surface area (Å²) in [6, 6.07) is 5.60. The summed E-state index contributed by atoms with van der Waals surface area (Å²) >= 11 is 0. The maximum atomic E-state index is 12.9. The van der Waals surface area contributed by atoms with Crippen LogP contribution in [0.15, 0.2) is 36.7 Å².